The van der Waals surface area contributed by atoms with Crippen molar-refractivity contribution in [2.45, 2.75) is 30.8 Å². The third-order valence-electron chi connectivity index (χ3n) is 4.38. The van der Waals surface area contributed by atoms with Crippen LogP contribution in [0.2, 0.25) is 0 Å². The highest BCUT2D eigenvalue weighted by Crippen LogP contribution is 2.29. The van der Waals surface area contributed by atoms with Crippen molar-refractivity contribution in [3.63, 3.8) is 0 Å². The maximum atomic E-state index is 12.6. The number of piperidine rings is 1. The number of carbonyl (C=O) groups excluding carboxylic acids is 1. The standard InChI is InChI=1S/C16H17F3N4O4S/c1-10-6-8-23(9-7-10)28(25,26)12-4-2-11(3-5-12)13(24)20-15-22-21-14(27-15)16(17,18)19/h2-5,10H,6-9H2,1H3,(H,20,22,24). The molecule has 1 aliphatic heterocycles. The van der Waals surface area contributed by atoms with Gasteiger partial charge >= 0.3 is 18.1 Å². The van der Waals surface area contributed by atoms with Crippen LogP contribution in [0.3, 0.4) is 0 Å². The van der Waals surface area contributed by atoms with Gasteiger partial charge < -0.3 is 4.42 Å². The van der Waals surface area contributed by atoms with Crippen LogP contribution in [0.1, 0.15) is 36.0 Å². The molecule has 3 rings (SSSR count). The van der Waals surface area contributed by atoms with E-state index in [-0.39, 0.29) is 10.5 Å². The minimum atomic E-state index is -4.82. The first-order valence-corrected chi connectivity index (χ1v) is 9.83. The molecule has 0 atom stereocenters. The Morgan fingerprint density at radius 1 is 1.18 bits per heavy atom. The lowest BCUT2D eigenvalue weighted by Crippen LogP contribution is -2.37. The lowest BCUT2D eigenvalue weighted by atomic mass is 10.0. The summed E-state index contributed by atoms with van der Waals surface area (Å²) in [7, 11) is -3.66. The van der Waals surface area contributed by atoms with Gasteiger partial charge in [-0.05, 0) is 43.0 Å². The van der Waals surface area contributed by atoms with E-state index in [0.29, 0.717) is 19.0 Å². The van der Waals surface area contributed by atoms with Crippen LogP contribution in [0.15, 0.2) is 33.6 Å². The molecule has 1 N–H and O–H groups in total. The Balaban J connectivity index is 1.70. The molecule has 8 nitrogen and oxygen atoms in total. The van der Waals surface area contributed by atoms with E-state index in [1.807, 2.05) is 5.32 Å². The largest absolute Gasteiger partial charge is 0.470 e. The predicted octanol–water partition coefficient (Wildman–Crippen LogP) is 2.76. The number of amides is 1. The minimum absolute atomic E-state index is 0.0259. The van der Waals surface area contributed by atoms with Crippen molar-refractivity contribution in [1.82, 2.24) is 14.5 Å². The Kier molecular flexibility index (Phi) is 5.44. The maximum Gasteiger partial charge on any atom is 0.470 e. The molecular formula is C16H17F3N4O4S. The quantitative estimate of drug-likeness (QED) is 0.819. The molecule has 1 aliphatic rings. The average molecular weight is 418 g/mol. The molecule has 1 aromatic heterocycles. The van der Waals surface area contributed by atoms with E-state index in [0.717, 1.165) is 12.8 Å². The van der Waals surface area contributed by atoms with Gasteiger partial charge in [0, 0.05) is 18.7 Å². The van der Waals surface area contributed by atoms with E-state index < -0.39 is 34.0 Å². The third-order valence-corrected chi connectivity index (χ3v) is 6.30. The van der Waals surface area contributed by atoms with Crippen molar-refractivity contribution >= 4 is 21.9 Å². The summed E-state index contributed by atoms with van der Waals surface area (Å²) >= 11 is 0. The molecule has 1 amide bonds. The second kappa shape index (κ2) is 7.51. The number of halogens is 3. The number of aromatic nitrogens is 2. The second-order valence-electron chi connectivity index (χ2n) is 6.48. The third kappa shape index (κ3) is 4.33. The molecule has 152 valence electrons. The first-order valence-electron chi connectivity index (χ1n) is 8.39. The van der Waals surface area contributed by atoms with E-state index in [9.17, 15) is 26.4 Å². The SMILES string of the molecule is CC1CCN(S(=O)(=O)c2ccc(C(=O)Nc3nnc(C(F)(F)F)o3)cc2)CC1. The van der Waals surface area contributed by atoms with Gasteiger partial charge in [-0.25, -0.2) is 8.42 Å². The molecule has 1 aromatic carbocycles. The van der Waals surface area contributed by atoms with Gasteiger partial charge in [0.25, 0.3) is 5.91 Å². The van der Waals surface area contributed by atoms with Crippen LogP contribution in [0, 0.1) is 5.92 Å². The summed E-state index contributed by atoms with van der Waals surface area (Å²) in [6.45, 7) is 2.94. The Morgan fingerprint density at radius 3 is 2.32 bits per heavy atom. The lowest BCUT2D eigenvalue weighted by molar-refractivity contribution is -0.156. The predicted molar refractivity (Wildman–Crippen MR) is 90.9 cm³/mol. The summed E-state index contributed by atoms with van der Waals surface area (Å²) in [5, 5.41) is 7.94. The van der Waals surface area contributed by atoms with Gasteiger partial charge in [0.2, 0.25) is 10.0 Å². The first-order chi connectivity index (χ1) is 13.1. The average Bonchev–Trinajstić information content (AvgIpc) is 3.11. The van der Waals surface area contributed by atoms with Crippen LogP contribution in [0.25, 0.3) is 0 Å². The molecule has 0 saturated carbocycles. The molecule has 1 saturated heterocycles. The number of hydrogen-bond acceptors (Lipinski definition) is 6. The maximum absolute atomic E-state index is 12.6. The van der Waals surface area contributed by atoms with Gasteiger partial charge in [0.15, 0.2) is 0 Å². The van der Waals surface area contributed by atoms with Gasteiger partial charge in [-0.15, -0.1) is 5.10 Å². The van der Waals surface area contributed by atoms with E-state index in [2.05, 4.69) is 21.5 Å². The van der Waals surface area contributed by atoms with E-state index in [1.165, 1.54) is 28.6 Å². The van der Waals surface area contributed by atoms with Crippen LogP contribution < -0.4 is 5.32 Å². The number of nitrogens with one attached hydrogen (secondary N) is 1. The molecule has 2 aromatic rings. The fraction of sp³-hybridized carbons (Fsp3) is 0.438. The number of alkyl halides is 3. The molecule has 0 aliphatic carbocycles. The van der Waals surface area contributed by atoms with Crippen LogP contribution in [0.5, 0.6) is 0 Å². The number of nitrogens with zero attached hydrogens (tertiary/aromatic N) is 3. The molecule has 28 heavy (non-hydrogen) atoms. The molecular weight excluding hydrogens is 401 g/mol. The molecule has 0 bridgehead atoms. The van der Waals surface area contributed by atoms with Crippen molar-refractivity contribution in [1.29, 1.82) is 0 Å². The summed E-state index contributed by atoms with van der Waals surface area (Å²) in [5.41, 5.74) is 0.0259. The number of sulfonamides is 1. The lowest BCUT2D eigenvalue weighted by Gasteiger charge is -2.29. The summed E-state index contributed by atoms with van der Waals surface area (Å²) in [4.78, 5) is 12.1. The van der Waals surface area contributed by atoms with Crippen molar-refractivity contribution in [3.8, 4) is 0 Å². The van der Waals surface area contributed by atoms with Gasteiger partial charge in [-0.1, -0.05) is 12.0 Å². The monoisotopic (exact) mass is 418 g/mol. The summed E-state index contributed by atoms with van der Waals surface area (Å²) in [5.74, 6) is -1.92. The number of carbonyl (C=O) groups is 1. The van der Waals surface area contributed by atoms with Gasteiger partial charge in [0.05, 0.1) is 4.90 Å². The van der Waals surface area contributed by atoms with Crippen molar-refractivity contribution in [3.05, 3.63) is 35.7 Å². The highest BCUT2D eigenvalue weighted by molar-refractivity contribution is 7.89. The Bertz CT molecular complexity index is 949. The van der Waals surface area contributed by atoms with Gasteiger partial charge in [-0.2, -0.15) is 17.5 Å². The molecule has 0 radical (unpaired) electrons. The zero-order valence-electron chi connectivity index (χ0n) is 14.7. The fourth-order valence-electron chi connectivity index (χ4n) is 2.71. The molecule has 0 unspecified atom stereocenters. The van der Waals surface area contributed by atoms with E-state index in [1.54, 1.807) is 0 Å². The van der Waals surface area contributed by atoms with Crippen LogP contribution >= 0.6 is 0 Å². The summed E-state index contributed by atoms with van der Waals surface area (Å²) in [6.07, 6.45) is -3.26. The zero-order valence-corrected chi connectivity index (χ0v) is 15.5. The Morgan fingerprint density at radius 2 is 1.79 bits per heavy atom. The number of rotatable bonds is 4. The Labute approximate surface area is 158 Å². The zero-order chi connectivity index (χ0) is 20.5. The second-order valence-corrected chi connectivity index (χ2v) is 8.41. The van der Waals surface area contributed by atoms with Crippen LogP contribution in [-0.4, -0.2) is 41.9 Å². The van der Waals surface area contributed by atoms with Gasteiger partial charge in [-0.3, -0.25) is 10.1 Å². The normalized spacial score (nSPS) is 16.9. The first kappa shape index (κ1) is 20.3. The number of hydrogen-bond donors (Lipinski definition) is 1. The molecule has 2 heterocycles. The summed E-state index contributed by atoms with van der Waals surface area (Å²) in [6, 6.07) is 4.36. The van der Waals surface area contributed by atoms with Crippen molar-refractivity contribution in [2.75, 3.05) is 18.4 Å². The molecule has 1 fully saturated rings. The number of anilines is 1. The smallest absolute Gasteiger partial charge is 0.399 e. The van der Waals surface area contributed by atoms with Crippen LogP contribution in [0.4, 0.5) is 19.2 Å². The highest BCUT2D eigenvalue weighted by Gasteiger charge is 2.38. The molecule has 0 spiro atoms. The van der Waals surface area contributed by atoms with Crippen LogP contribution in [-0.2, 0) is 16.2 Å². The number of benzene rings is 1. The van der Waals surface area contributed by atoms with E-state index in [4.69, 9.17) is 0 Å². The topological polar surface area (TPSA) is 105 Å². The summed E-state index contributed by atoms with van der Waals surface area (Å²) < 4.78 is 68.3. The minimum Gasteiger partial charge on any atom is -0.399 e. The van der Waals surface area contributed by atoms with Gasteiger partial charge in [0.1, 0.15) is 0 Å². The highest BCUT2D eigenvalue weighted by atomic mass is 32.2. The van der Waals surface area contributed by atoms with Crippen molar-refractivity contribution in [2.24, 2.45) is 5.92 Å². The molecule has 12 heteroatoms. The fourth-order valence-corrected chi connectivity index (χ4v) is 4.18. The van der Waals surface area contributed by atoms with Crippen molar-refractivity contribution < 1.29 is 30.8 Å². The van der Waals surface area contributed by atoms with E-state index >= 15 is 0 Å². The Hall–Kier alpha value is -2.47.